The molecular weight excluding hydrogens is 150 g/mol. The van der Waals surface area contributed by atoms with Gasteiger partial charge >= 0.3 is 0 Å². The molecule has 1 atom stereocenters. The number of ether oxygens (including phenoxy) is 1. The Kier molecular flexibility index (Phi) is 4.33. The summed E-state index contributed by atoms with van der Waals surface area (Å²) >= 11 is 0. The van der Waals surface area contributed by atoms with Crippen molar-refractivity contribution in [2.45, 2.75) is 19.8 Å². The molecule has 1 aliphatic heterocycles. The van der Waals surface area contributed by atoms with Crippen molar-refractivity contribution in [3.05, 3.63) is 12.2 Å². The minimum absolute atomic E-state index is 0.719. The molecule has 0 unspecified atom stereocenters. The van der Waals surface area contributed by atoms with Gasteiger partial charge in [-0.05, 0) is 32.2 Å². The van der Waals surface area contributed by atoms with Crippen molar-refractivity contribution in [2.75, 3.05) is 26.3 Å². The van der Waals surface area contributed by atoms with Gasteiger partial charge in [0.2, 0.25) is 0 Å². The van der Waals surface area contributed by atoms with Crippen molar-refractivity contribution in [1.82, 2.24) is 5.32 Å². The Bertz CT molecular complexity index is 139. The zero-order valence-corrected chi connectivity index (χ0v) is 7.94. The minimum Gasteiger partial charge on any atom is -0.377 e. The van der Waals surface area contributed by atoms with Gasteiger partial charge in [0.25, 0.3) is 0 Å². The largest absolute Gasteiger partial charge is 0.377 e. The van der Waals surface area contributed by atoms with Gasteiger partial charge in [0.15, 0.2) is 0 Å². The van der Waals surface area contributed by atoms with Gasteiger partial charge in [-0.25, -0.2) is 0 Å². The van der Waals surface area contributed by atoms with Crippen molar-refractivity contribution in [3.63, 3.8) is 0 Å². The van der Waals surface area contributed by atoms with E-state index < -0.39 is 0 Å². The molecule has 2 nitrogen and oxygen atoms in total. The highest BCUT2D eigenvalue weighted by atomic mass is 16.5. The zero-order valence-electron chi connectivity index (χ0n) is 7.94. The molecule has 0 radical (unpaired) electrons. The topological polar surface area (TPSA) is 21.3 Å². The van der Waals surface area contributed by atoms with E-state index in [1.807, 2.05) is 6.92 Å². The van der Waals surface area contributed by atoms with Crippen molar-refractivity contribution in [2.24, 2.45) is 5.92 Å². The van der Waals surface area contributed by atoms with Crippen LogP contribution in [0.2, 0.25) is 0 Å². The van der Waals surface area contributed by atoms with E-state index in [-0.39, 0.29) is 0 Å². The predicted octanol–water partition coefficient (Wildman–Crippen LogP) is 1.58. The predicted molar refractivity (Wildman–Crippen MR) is 51.2 cm³/mol. The fourth-order valence-corrected chi connectivity index (χ4v) is 1.47. The second-order valence-corrected chi connectivity index (χ2v) is 3.68. The fourth-order valence-electron chi connectivity index (χ4n) is 1.47. The maximum absolute atomic E-state index is 5.50. The van der Waals surface area contributed by atoms with Gasteiger partial charge in [-0.15, -0.1) is 0 Å². The average molecular weight is 169 g/mol. The first-order chi connectivity index (χ1) is 5.79. The zero-order chi connectivity index (χ0) is 8.81. The van der Waals surface area contributed by atoms with Crippen LogP contribution in [0.25, 0.3) is 0 Å². The Balaban J connectivity index is 2.01. The van der Waals surface area contributed by atoms with Crippen LogP contribution in [0.1, 0.15) is 19.8 Å². The Morgan fingerprint density at radius 1 is 1.67 bits per heavy atom. The molecule has 1 heterocycles. The highest BCUT2D eigenvalue weighted by Crippen LogP contribution is 2.10. The standard InChI is InChI=1S/C10H19NO/c1-9(2)7-12-8-10-4-3-5-11-6-10/h10-11H,1,3-8H2,2H3/t10-/m0/s1. The molecule has 0 aromatic rings. The summed E-state index contributed by atoms with van der Waals surface area (Å²) in [6.45, 7) is 9.70. The van der Waals surface area contributed by atoms with E-state index in [9.17, 15) is 0 Å². The smallest absolute Gasteiger partial charge is 0.0671 e. The van der Waals surface area contributed by atoms with Crippen LogP contribution in [0.4, 0.5) is 0 Å². The maximum atomic E-state index is 5.50. The van der Waals surface area contributed by atoms with Crippen LogP contribution < -0.4 is 5.32 Å². The van der Waals surface area contributed by atoms with Crippen LogP contribution >= 0.6 is 0 Å². The highest BCUT2D eigenvalue weighted by molar-refractivity contribution is 4.87. The van der Waals surface area contributed by atoms with E-state index >= 15 is 0 Å². The highest BCUT2D eigenvalue weighted by Gasteiger charge is 2.12. The molecule has 0 aliphatic carbocycles. The SMILES string of the molecule is C=C(C)COC[C@H]1CCCNC1. The van der Waals surface area contributed by atoms with Crippen molar-refractivity contribution in [1.29, 1.82) is 0 Å². The number of piperidine rings is 1. The first-order valence-corrected chi connectivity index (χ1v) is 4.72. The fraction of sp³-hybridized carbons (Fsp3) is 0.800. The van der Waals surface area contributed by atoms with E-state index in [0.717, 1.165) is 31.2 Å². The second-order valence-electron chi connectivity index (χ2n) is 3.68. The molecule has 1 fully saturated rings. The number of rotatable bonds is 4. The summed E-state index contributed by atoms with van der Waals surface area (Å²) in [7, 11) is 0. The molecule has 1 N–H and O–H groups in total. The molecule has 1 rings (SSSR count). The molecular formula is C10H19NO. The van der Waals surface area contributed by atoms with Gasteiger partial charge in [0, 0.05) is 6.54 Å². The summed E-state index contributed by atoms with van der Waals surface area (Å²) in [5.41, 5.74) is 1.11. The van der Waals surface area contributed by atoms with Crippen molar-refractivity contribution in [3.8, 4) is 0 Å². The molecule has 70 valence electrons. The average Bonchev–Trinajstić information content (AvgIpc) is 2.05. The molecule has 0 spiro atoms. The summed E-state index contributed by atoms with van der Waals surface area (Å²) in [5, 5.41) is 3.37. The Labute approximate surface area is 75.0 Å². The Morgan fingerprint density at radius 2 is 2.50 bits per heavy atom. The van der Waals surface area contributed by atoms with E-state index in [2.05, 4.69) is 11.9 Å². The normalized spacial score (nSPS) is 23.9. The first-order valence-electron chi connectivity index (χ1n) is 4.72. The van der Waals surface area contributed by atoms with Crippen LogP contribution in [0, 0.1) is 5.92 Å². The summed E-state index contributed by atoms with van der Waals surface area (Å²) < 4.78 is 5.50. The number of hydrogen-bond donors (Lipinski definition) is 1. The van der Waals surface area contributed by atoms with Gasteiger partial charge in [0.05, 0.1) is 13.2 Å². The Hall–Kier alpha value is -0.340. The molecule has 0 bridgehead atoms. The third kappa shape index (κ3) is 3.88. The van der Waals surface area contributed by atoms with E-state index in [1.165, 1.54) is 19.4 Å². The summed E-state index contributed by atoms with van der Waals surface area (Å²) in [5.74, 6) is 0.720. The molecule has 12 heavy (non-hydrogen) atoms. The number of hydrogen-bond acceptors (Lipinski definition) is 2. The van der Waals surface area contributed by atoms with E-state index in [1.54, 1.807) is 0 Å². The second kappa shape index (κ2) is 5.33. The maximum Gasteiger partial charge on any atom is 0.0671 e. The third-order valence-corrected chi connectivity index (χ3v) is 2.10. The van der Waals surface area contributed by atoms with Gasteiger partial charge in [-0.3, -0.25) is 0 Å². The van der Waals surface area contributed by atoms with Gasteiger partial charge in [-0.2, -0.15) is 0 Å². The molecule has 0 aromatic heterocycles. The summed E-state index contributed by atoms with van der Waals surface area (Å²) in [6.07, 6.45) is 2.60. The lowest BCUT2D eigenvalue weighted by Gasteiger charge is -2.22. The van der Waals surface area contributed by atoms with Crippen LogP contribution in [-0.4, -0.2) is 26.3 Å². The molecule has 2 heteroatoms. The summed E-state index contributed by atoms with van der Waals surface area (Å²) in [4.78, 5) is 0. The lowest BCUT2D eigenvalue weighted by molar-refractivity contribution is 0.107. The monoisotopic (exact) mass is 169 g/mol. The van der Waals surface area contributed by atoms with E-state index in [4.69, 9.17) is 4.74 Å². The van der Waals surface area contributed by atoms with Crippen molar-refractivity contribution < 1.29 is 4.74 Å². The molecule has 0 aromatic carbocycles. The van der Waals surface area contributed by atoms with Gasteiger partial charge < -0.3 is 10.1 Å². The van der Waals surface area contributed by atoms with Crippen LogP contribution in [0.3, 0.4) is 0 Å². The van der Waals surface area contributed by atoms with Crippen molar-refractivity contribution >= 4 is 0 Å². The van der Waals surface area contributed by atoms with Crippen LogP contribution in [-0.2, 0) is 4.74 Å². The van der Waals surface area contributed by atoms with Gasteiger partial charge in [0.1, 0.15) is 0 Å². The lowest BCUT2D eigenvalue weighted by atomic mass is 10.0. The van der Waals surface area contributed by atoms with Gasteiger partial charge in [-0.1, -0.05) is 12.2 Å². The van der Waals surface area contributed by atoms with E-state index in [0.29, 0.717) is 0 Å². The number of nitrogens with one attached hydrogen (secondary N) is 1. The van der Waals surface area contributed by atoms with Crippen LogP contribution in [0.5, 0.6) is 0 Å². The molecule has 1 saturated heterocycles. The lowest BCUT2D eigenvalue weighted by Crippen LogP contribution is -2.32. The first kappa shape index (κ1) is 9.75. The third-order valence-electron chi connectivity index (χ3n) is 2.10. The summed E-state index contributed by atoms with van der Waals surface area (Å²) in [6, 6.07) is 0. The molecule has 0 saturated carbocycles. The molecule has 0 amide bonds. The Morgan fingerprint density at radius 3 is 3.08 bits per heavy atom. The quantitative estimate of drug-likeness (QED) is 0.645. The minimum atomic E-state index is 0.719. The van der Waals surface area contributed by atoms with Crippen LogP contribution in [0.15, 0.2) is 12.2 Å². The molecule has 1 aliphatic rings.